The summed E-state index contributed by atoms with van der Waals surface area (Å²) >= 11 is 0. The van der Waals surface area contributed by atoms with Crippen LogP contribution in [-0.2, 0) is 13.0 Å². The predicted molar refractivity (Wildman–Crippen MR) is 129 cm³/mol. The molecule has 1 aromatic carbocycles. The van der Waals surface area contributed by atoms with Crippen molar-refractivity contribution in [3.8, 4) is 16.9 Å². The topological polar surface area (TPSA) is 88.9 Å². The number of carbonyl (C=O) groups excluding carboxylic acids is 1. The minimum Gasteiger partial charge on any atom is -0.497 e. The van der Waals surface area contributed by atoms with Crippen LogP contribution in [0, 0.1) is 13.8 Å². The third-order valence-electron chi connectivity index (χ3n) is 6.69. The summed E-state index contributed by atoms with van der Waals surface area (Å²) in [5.74, 6) is 1.69. The van der Waals surface area contributed by atoms with Crippen LogP contribution in [0.2, 0.25) is 0 Å². The maximum Gasteiger partial charge on any atom is 0.254 e. The van der Waals surface area contributed by atoms with E-state index < -0.39 is 0 Å². The molecule has 5 rings (SSSR count). The molecule has 174 valence electrons. The second-order valence-electron chi connectivity index (χ2n) is 8.70. The summed E-state index contributed by atoms with van der Waals surface area (Å²) in [5.41, 5.74) is 6.70. The molecule has 1 aliphatic heterocycles. The van der Waals surface area contributed by atoms with Crippen LogP contribution in [0.1, 0.15) is 51.7 Å². The summed E-state index contributed by atoms with van der Waals surface area (Å²) in [4.78, 5) is 24.6. The lowest BCUT2D eigenvalue weighted by Gasteiger charge is -2.34. The Labute approximate surface area is 198 Å². The van der Waals surface area contributed by atoms with Crippen molar-refractivity contribution in [1.29, 1.82) is 0 Å². The molecule has 1 atom stereocenters. The van der Waals surface area contributed by atoms with Gasteiger partial charge in [-0.05, 0) is 62.1 Å². The number of ether oxygens (including phenoxy) is 1. The fraction of sp³-hybridized carbons (Fsp3) is 0.308. The summed E-state index contributed by atoms with van der Waals surface area (Å²) in [5, 5.41) is 7.29. The molecule has 0 aliphatic carbocycles. The van der Waals surface area contributed by atoms with Crippen molar-refractivity contribution in [3.05, 3.63) is 83.0 Å². The number of pyridine rings is 1. The lowest BCUT2D eigenvalue weighted by molar-refractivity contribution is 0.0669. The number of nitrogens with zero attached hydrogens (tertiary/aromatic N) is 5. The summed E-state index contributed by atoms with van der Waals surface area (Å²) < 4.78 is 7.44. The van der Waals surface area contributed by atoms with E-state index >= 15 is 0 Å². The molecule has 1 amide bonds. The fourth-order valence-corrected chi connectivity index (χ4v) is 4.72. The molecule has 0 radical (unpaired) electrons. The van der Waals surface area contributed by atoms with E-state index in [4.69, 9.17) is 4.74 Å². The van der Waals surface area contributed by atoms with Crippen LogP contribution < -0.4 is 4.74 Å². The van der Waals surface area contributed by atoms with Gasteiger partial charge in [0.2, 0.25) is 0 Å². The number of carbonyl (C=O) groups is 1. The fourth-order valence-electron chi connectivity index (χ4n) is 4.72. The average molecular weight is 457 g/mol. The van der Waals surface area contributed by atoms with Crippen LogP contribution >= 0.6 is 0 Å². The first-order valence-electron chi connectivity index (χ1n) is 11.4. The summed E-state index contributed by atoms with van der Waals surface area (Å²) in [6.07, 6.45) is 8.15. The van der Waals surface area contributed by atoms with E-state index in [0.717, 1.165) is 57.2 Å². The molecule has 0 spiro atoms. The Morgan fingerprint density at radius 2 is 1.94 bits per heavy atom. The molecular formula is C26H28N6O2. The quantitative estimate of drug-likeness (QED) is 0.472. The molecule has 1 aliphatic rings. The van der Waals surface area contributed by atoms with Crippen LogP contribution in [0.5, 0.6) is 5.75 Å². The normalized spacial score (nSPS) is 14.2. The van der Waals surface area contributed by atoms with Gasteiger partial charge >= 0.3 is 0 Å². The molecule has 3 aromatic heterocycles. The van der Waals surface area contributed by atoms with E-state index in [0.29, 0.717) is 13.1 Å². The molecule has 0 saturated carbocycles. The highest BCUT2D eigenvalue weighted by Gasteiger charge is 2.32. The van der Waals surface area contributed by atoms with Crippen LogP contribution in [0.3, 0.4) is 0 Å². The maximum absolute atomic E-state index is 13.8. The zero-order chi connectivity index (χ0) is 23.8. The third-order valence-corrected chi connectivity index (χ3v) is 6.69. The highest BCUT2D eigenvalue weighted by atomic mass is 16.5. The van der Waals surface area contributed by atoms with Crippen molar-refractivity contribution < 1.29 is 9.53 Å². The monoisotopic (exact) mass is 456 g/mol. The zero-order valence-electron chi connectivity index (χ0n) is 19.9. The van der Waals surface area contributed by atoms with Gasteiger partial charge in [-0.15, -0.1) is 0 Å². The van der Waals surface area contributed by atoms with Crippen LogP contribution in [0.4, 0.5) is 0 Å². The van der Waals surface area contributed by atoms with Gasteiger partial charge in [-0.2, -0.15) is 5.10 Å². The first kappa shape index (κ1) is 21.9. The van der Waals surface area contributed by atoms with Crippen molar-refractivity contribution in [3.63, 3.8) is 0 Å². The molecule has 4 aromatic rings. The number of benzene rings is 1. The third kappa shape index (κ3) is 3.85. The van der Waals surface area contributed by atoms with Gasteiger partial charge in [-0.3, -0.25) is 14.9 Å². The molecule has 0 saturated heterocycles. The van der Waals surface area contributed by atoms with Crippen molar-refractivity contribution in [2.75, 3.05) is 13.7 Å². The molecule has 8 nitrogen and oxygen atoms in total. The Morgan fingerprint density at radius 3 is 2.65 bits per heavy atom. The van der Waals surface area contributed by atoms with E-state index in [1.165, 1.54) is 0 Å². The number of H-pyrrole nitrogens is 1. The zero-order valence-corrected chi connectivity index (χ0v) is 19.9. The Kier molecular flexibility index (Phi) is 5.65. The maximum atomic E-state index is 13.8. The Hall–Kier alpha value is -3.94. The number of aryl methyl sites for hydroxylation is 2. The first-order valence-corrected chi connectivity index (χ1v) is 11.4. The number of aromatic nitrogens is 5. The molecule has 8 heteroatoms. The predicted octanol–water partition coefficient (Wildman–Crippen LogP) is 4.10. The first-order chi connectivity index (χ1) is 16.5. The number of nitrogens with one attached hydrogen (secondary N) is 1. The number of hydrogen-bond donors (Lipinski definition) is 1. The van der Waals surface area contributed by atoms with Crippen molar-refractivity contribution in [2.24, 2.45) is 0 Å². The Morgan fingerprint density at radius 1 is 1.12 bits per heavy atom. The standard InChI is InChI=1S/C26H28N6O2/c1-16-24(14-29-30-16)22-11-19(15-31-10-8-27-18(31)3)12-23-21(22)6-9-32(26(23)33)17(2)25-13-20(34-4)5-7-28-25/h5,7-8,10-14,17H,6,9,15H2,1-4H3,(H,29,30)/t17-/m0/s1. The molecule has 4 heterocycles. The van der Waals surface area contributed by atoms with Crippen LogP contribution in [0.25, 0.3) is 11.1 Å². The second-order valence-corrected chi connectivity index (χ2v) is 8.70. The van der Waals surface area contributed by atoms with E-state index in [1.807, 2.05) is 56.3 Å². The second kappa shape index (κ2) is 8.78. The average Bonchev–Trinajstić information content (AvgIpc) is 3.46. The van der Waals surface area contributed by atoms with E-state index in [1.54, 1.807) is 19.5 Å². The van der Waals surface area contributed by atoms with E-state index in [9.17, 15) is 4.79 Å². The number of amides is 1. The van der Waals surface area contributed by atoms with Crippen molar-refractivity contribution in [2.45, 2.75) is 39.8 Å². The summed E-state index contributed by atoms with van der Waals surface area (Å²) in [7, 11) is 1.63. The van der Waals surface area contributed by atoms with E-state index in [-0.39, 0.29) is 11.9 Å². The van der Waals surface area contributed by atoms with Gasteiger partial charge < -0.3 is 14.2 Å². The van der Waals surface area contributed by atoms with Gasteiger partial charge in [-0.1, -0.05) is 0 Å². The summed E-state index contributed by atoms with van der Waals surface area (Å²) in [6, 6.07) is 7.76. The molecule has 0 unspecified atom stereocenters. The Balaban J connectivity index is 1.57. The van der Waals surface area contributed by atoms with Gasteiger partial charge in [0.15, 0.2) is 0 Å². The smallest absolute Gasteiger partial charge is 0.254 e. The van der Waals surface area contributed by atoms with Gasteiger partial charge in [0.05, 0.1) is 24.5 Å². The number of imidazole rings is 1. The number of fused-ring (bicyclic) bond motifs is 1. The largest absolute Gasteiger partial charge is 0.497 e. The van der Waals surface area contributed by atoms with Gasteiger partial charge in [-0.25, -0.2) is 4.98 Å². The lowest BCUT2D eigenvalue weighted by Crippen LogP contribution is -2.40. The van der Waals surface area contributed by atoms with Crippen LogP contribution in [-0.4, -0.2) is 49.2 Å². The molecule has 1 N–H and O–H groups in total. The minimum atomic E-state index is -0.172. The molecule has 0 fully saturated rings. The molecule has 34 heavy (non-hydrogen) atoms. The molecular weight excluding hydrogens is 428 g/mol. The lowest BCUT2D eigenvalue weighted by atomic mass is 9.87. The van der Waals surface area contributed by atoms with Gasteiger partial charge in [0.1, 0.15) is 11.6 Å². The Bertz CT molecular complexity index is 1360. The minimum absolute atomic E-state index is 0.0185. The van der Waals surface area contributed by atoms with Crippen LogP contribution in [0.15, 0.2) is 49.1 Å². The summed E-state index contributed by atoms with van der Waals surface area (Å²) in [6.45, 7) is 7.25. The van der Waals surface area contributed by atoms with E-state index in [2.05, 4.69) is 30.8 Å². The highest BCUT2D eigenvalue weighted by Crippen LogP contribution is 2.35. The van der Waals surface area contributed by atoms with Crippen molar-refractivity contribution in [1.82, 2.24) is 29.6 Å². The highest BCUT2D eigenvalue weighted by molar-refractivity contribution is 5.99. The number of rotatable bonds is 6. The van der Waals surface area contributed by atoms with Crippen molar-refractivity contribution >= 4 is 5.91 Å². The number of hydrogen-bond acceptors (Lipinski definition) is 5. The molecule has 0 bridgehead atoms. The SMILES string of the molecule is COc1ccnc([C@H](C)N2CCc3c(cc(Cn4ccnc4C)cc3-c3c[nH]nc3C)C2=O)c1. The number of methoxy groups -OCH3 is 1. The van der Waals surface area contributed by atoms with Gasteiger partial charge in [0, 0.05) is 55.1 Å². The number of aromatic amines is 1. The van der Waals surface area contributed by atoms with Gasteiger partial charge in [0.25, 0.3) is 5.91 Å².